The first-order valence-electron chi connectivity index (χ1n) is 8.90. The van der Waals surface area contributed by atoms with E-state index < -0.39 is 0 Å². The van der Waals surface area contributed by atoms with E-state index in [1.165, 1.54) is 10.1 Å². The van der Waals surface area contributed by atoms with Crippen molar-refractivity contribution in [2.24, 2.45) is 0 Å². The van der Waals surface area contributed by atoms with E-state index in [-0.39, 0.29) is 11.7 Å². The largest absolute Gasteiger partial charge is 0.504 e. The maximum absolute atomic E-state index is 12.1. The molecule has 1 N–H and O–H groups in total. The molecule has 0 saturated carbocycles. The predicted molar refractivity (Wildman–Crippen MR) is 108 cm³/mol. The van der Waals surface area contributed by atoms with Gasteiger partial charge < -0.3 is 14.7 Å². The van der Waals surface area contributed by atoms with Crippen LogP contribution in [0.25, 0.3) is 21.2 Å². The molecule has 4 rings (SSSR count). The molecule has 140 valence electrons. The van der Waals surface area contributed by atoms with Crippen molar-refractivity contribution in [2.45, 2.75) is 6.54 Å². The average molecular weight is 382 g/mol. The fourth-order valence-corrected chi connectivity index (χ4v) is 4.35. The topological polar surface area (TPSA) is 53.0 Å². The minimum absolute atomic E-state index is 0.0580. The summed E-state index contributed by atoms with van der Waals surface area (Å²) >= 11 is 1.69. The number of amides is 1. The second-order valence-electron chi connectivity index (χ2n) is 6.98. The second-order valence-corrected chi connectivity index (χ2v) is 7.89. The zero-order chi connectivity index (χ0) is 19.0. The molecule has 5 nitrogen and oxygen atoms in total. The summed E-state index contributed by atoms with van der Waals surface area (Å²) in [7, 11) is 3.52. The van der Waals surface area contributed by atoms with Crippen LogP contribution in [0, 0.1) is 0 Å². The molecule has 2 heterocycles. The van der Waals surface area contributed by atoms with E-state index in [4.69, 9.17) is 4.74 Å². The van der Waals surface area contributed by atoms with Gasteiger partial charge in [-0.2, -0.15) is 0 Å². The zero-order valence-electron chi connectivity index (χ0n) is 15.4. The molecule has 2 aromatic carbocycles. The number of hydrogen-bond acceptors (Lipinski definition) is 5. The van der Waals surface area contributed by atoms with E-state index >= 15 is 0 Å². The molecule has 1 aromatic heterocycles. The van der Waals surface area contributed by atoms with Crippen molar-refractivity contribution in [1.29, 1.82) is 0 Å². The highest BCUT2D eigenvalue weighted by Crippen LogP contribution is 2.41. The lowest BCUT2D eigenvalue weighted by Gasteiger charge is -2.21. The number of phenolic OH excluding ortho intramolecular Hbond substituents is 1. The number of nitrogens with zero attached hydrogens (tertiary/aromatic N) is 2. The molecule has 0 aliphatic carbocycles. The molecule has 27 heavy (non-hydrogen) atoms. The van der Waals surface area contributed by atoms with Crippen LogP contribution in [0.4, 0.5) is 0 Å². The second kappa shape index (κ2) is 7.21. The summed E-state index contributed by atoms with van der Waals surface area (Å²) in [5.74, 6) is 0.735. The fourth-order valence-electron chi connectivity index (χ4n) is 3.38. The van der Waals surface area contributed by atoms with E-state index in [0.29, 0.717) is 32.0 Å². The van der Waals surface area contributed by atoms with Crippen molar-refractivity contribution in [3.05, 3.63) is 47.3 Å². The van der Waals surface area contributed by atoms with E-state index in [2.05, 4.69) is 28.5 Å². The summed E-state index contributed by atoms with van der Waals surface area (Å²) in [6.07, 6.45) is 0. The molecule has 6 heteroatoms. The number of phenols is 1. The van der Waals surface area contributed by atoms with Gasteiger partial charge in [-0.05, 0) is 29.1 Å². The number of benzene rings is 2. The smallest absolute Gasteiger partial charge is 0.236 e. The van der Waals surface area contributed by atoms with Crippen molar-refractivity contribution in [1.82, 2.24) is 9.80 Å². The van der Waals surface area contributed by atoms with Gasteiger partial charge >= 0.3 is 0 Å². The van der Waals surface area contributed by atoms with Crippen molar-refractivity contribution in [2.75, 3.05) is 33.8 Å². The summed E-state index contributed by atoms with van der Waals surface area (Å²) in [4.78, 5) is 15.8. The minimum atomic E-state index is 0.0580. The lowest BCUT2D eigenvalue weighted by Crippen LogP contribution is -2.37. The molecule has 1 amide bonds. The predicted octanol–water partition coefficient (Wildman–Crippen LogP) is 3.56. The minimum Gasteiger partial charge on any atom is -0.504 e. The van der Waals surface area contributed by atoms with Crippen molar-refractivity contribution >= 4 is 27.3 Å². The van der Waals surface area contributed by atoms with E-state index in [1.54, 1.807) is 36.4 Å². The van der Waals surface area contributed by atoms with Gasteiger partial charge in [0.25, 0.3) is 0 Å². The van der Waals surface area contributed by atoms with Crippen LogP contribution in [0.2, 0.25) is 0 Å². The molecule has 0 spiro atoms. The first-order valence-corrected chi connectivity index (χ1v) is 9.78. The summed E-state index contributed by atoms with van der Waals surface area (Å²) in [5.41, 5.74) is 2.98. The van der Waals surface area contributed by atoms with Gasteiger partial charge in [-0.3, -0.25) is 9.69 Å². The van der Waals surface area contributed by atoms with Crippen LogP contribution in [-0.2, 0) is 11.3 Å². The number of hydrogen-bond donors (Lipinski definition) is 1. The third-order valence-corrected chi connectivity index (χ3v) is 5.81. The van der Waals surface area contributed by atoms with E-state index in [9.17, 15) is 9.90 Å². The molecule has 0 saturated heterocycles. The maximum Gasteiger partial charge on any atom is 0.236 e. The summed E-state index contributed by atoms with van der Waals surface area (Å²) in [6, 6.07) is 12.1. The number of carbonyl (C=O) groups excluding carboxylic acids is 1. The molecular formula is C21H22N2O3S. The number of fused-ring (bicyclic) bond motifs is 2. The van der Waals surface area contributed by atoms with Gasteiger partial charge in [0, 0.05) is 48.4 Å². The van der Waals surface area contributed by atoms with E-state index in [0.717, 1.165) is 16.7 Å². The van der Waals surface area contributed by atoms with Gasteiger partial charge in [0.2, 0.25) is 5.91 Å². The van der Waals surface area contributed by atoms with Crippen molar-refractivity contribution in [3.8, 4) is 22.6 Å². The van der Waals surface area contributed by atoms with Crippen LogP contribution >= 0.6 is 11.3 Å². The third-order valence-electron chi connectivity index (χ3n) is 4.84. The third kappa shape index (κ3) is 3.50. The quantitative estimate of drug-likeness (QED) is 0.753. The lowest BCUT2D eigenvalue weighted by atomic mass is 10.0. The summed E-state index contributed by atoms with van der Waals surface area (Å²) < 4.78 is 7.02. The Morgan fingerprint density at radius 3 is 2.93 bits per heavy atom. The Morgan fingerprint density at radius 1 is 1.30 bits per heavy atom. The Labute approximate surface area is 162 Å². The molecule has 0 bridgehead atoms. The van der Waals surface area contributed by atoms with Crippen LogP contribution < -0.4 is 4.74 Å². The number of ether oxygens (including phenoxy) is 1. The van der Waals surface area contributed by atoms with Crippen LogP contribution in [0.3, 0.4) is 0 Å². The first-order chi connectivity index (χ1) is 13.0. The number of thiophene rings is 1. The number of likely N-dealkylation sites (N-methyl/N-ethyl adjacent to an activating group) is 1. The Kier molecular flexibility index (Phi) is 4.76. The maximum atomic E-state index is 12.1. The Bertz CT molecular complexity index is 996. The highest BCUT2D eigenvalue weighted by Gasteiger charge is 2.22. The number of aromatic hydroxyl groups is 1. The normalized spacial score (nSPS) is 14.4. The summed E-state index contributed by atoms with van der Waals surface area (Å²) in [5, 5.41) is 13.9. The van der Waals surface area contributed by atoms with Gasteiger partial charge in [-0.15, -0.1) is 11.3 Å². The average Bonchev–Trinajstić information content (AvgIpc) is 2.96. The number of carbonyl (C=O) groups is 1. The Balaban J connectivity index is 1.71. The van der Waals surface area contributed by atoms with Crippen molar-refractivity contribution in [3.63, 3.8) is 0 Å². The SMILES string of the molecule is CN(C)C(=O)CN1CCOc2c(O)cc(-c3csc4ccccc34)cc2C1. The van der Waals surface area contributed by atoms with Crippen LogP contribution in [-0.4, -0.2) is 54.6 Å². The number of rotatable bonds is 3. The van der Waals surface area contributed by atoms with Crippen molar-refractivity contribution < 1.29 is 14.6 Å². The summed E-state index contributed by atoms with van der Waals surface area (Å²) in [6.45, 7) is 1.99. The van der Waals surface area contributed by atoms with Crippen LogP contribution in [0.5, 0.6) is 11.5 Å². The Hall–Kier alpha value is -2.57. The fraction of sp³-hybridized carbons (Fsp3) is 0.286. The molecule has 3 aromatic rings. The molecule has 0 unspecified atom stereocenters. The van der Waals surface area contributed by atoms with Gasteiger partial charge in [0.05, 0.1) is 6.54 Å². The monoisotopic (exact) mass is 382 g/mol. The van der Waals surface area contributed by atoms with Crippen LogP contribution in [0.15, 0.2) is 41.8 Å². The van der Waals surface area contributed by atoms with E-state index in [1.807, 2.05) is 12.1 Å². The molecule has 1 aliphatic rings. The molecular weight excluding hydrogens is 360 g/mol. The van der Waals surface area contributed by atoms with Gasteiger partial charge in [-0.1, -0.05) is 18.2 Å². The Morgan fingerprint density at radius 2 is 2.11 bits per heavy atom. The molecule has 0 radical (unpaired) electrons. The van der Waals surface area contributed by atoms with Gasteiger partial charge in [-0.25, -0.2) is 0 Å². The lowest BCUT2D eigenvalue weighted by molar-refractivity contribution is -0.130. The highest BCUT2D eigenvalue weighted by atomic mass is 32.1. The van der Waals surface area contributed by atoms with Gasteiger partial charge in [0.1, 0.15) is 6.61 Å². The highest BCUT2D eigenvalue weighted by molar-refractivity contribution is 7.17. The molecule has 0 fully saturated rings. The van der Waals surface area contributed by atoms with Gasteiger partial charge in [0.15, 0.2) is 11.5 Å². The molecule has 0 atom stereocenters. The zero-order valence-corrected chi connectivity index (χ0v) is 16.3. The standard InChI is InChI=1S/C21H22N2O3S/c1-22(2)20(25)12-23-7-8-26-21-15(11-23)9-14(10-18(21)24)17-13-27-19-6-4-3-5-16(17)19/h3-6,9-10,13,24H,7-8,11-12H2,1-2H3. The molecule has 1 aliphatic heterocycles. The first kappa shape index (κ1) is 17.8. The van der Waals surface area contributed by atoms with Crippen LogP contribution in [0.1, 0.15) is 5.56 Å².